The van der Waals surface area contributed by atoms with Gasteiger partial charge in [-0.3, -0.25) is 9.59 Å². The summed E-state index contributed by atoms with van der Waals surface area (Å²) in [4.78, 5) is 26.2. The zero-order chi connectivity index (χ0) is 13.5. The molecule has 0 saturated heterocycles. The Morgan fingerprint density at radius 3 is 2.83 bits per heavy atom. The number of hydrogen-bond acceptors (Lipinski definition) is 5. The Hall–Kier alpha value is -2.22. The Kier molecular flexibility index (Phi) is 5.00. The van der Waals surface area contributed by atoms with Gasteiger partial charge in [0.1, 0.15) is 0 Å². The van der Waals surface area contributed by atoms with Gasteiger partial charge in [-0.15, -0.1) is 0 Å². The molecule has 1 heterocycles. The smallest absolute Gasteiger partial charge is 0.254 e. The number of nitrogens with zero attached hydrogens (tertiary/aromatic N) is 1. The van der Waals surface area contributed by atoms with Gasteiger partial charge in [0.15, 0.2) is 11.6 Å². The molecular formula is C10H14FN5O2. The second kappa shape index (κ2) is 6.50. The van der Waals surface area contributed by atoms with Crippen LogP contribution in [0, 0.1) is 5.82 Å². The van der Waals surface area contributed by atoms with Crippen molar-refractivity contribution in [3.8, 4) is 0 Å². The minimum atomic E-state index is -0.836. The maximum Gasteiger partial charge on any atom is 0.254 e. The van der Waals surface area contributed by atoms with Crippen LogP contribution in [-0.4, -0.2) is 30.4 Å². The third-order valence-corrected chi connectivity index (χ3v) is 2.19. The Bertz CT molecular complexity index is 452. The summed E-state index contributed by atoms with van der Waals surface area (Å²) in [6.45, 7) is 0.117. The lowest BCUT2D eigenvalue weighted by atomic mass is 10.2. The number of nitrogen functional groups attached to an aromatic ring is 1. The molecule has 0 fully saturated rings. The molecule has 0 radical (unpaired) electrons. The molecule has 18 heavy (non-hydrogen) atoms. The van der Waals surface area contributed by atoms with E-state index in [0.29, 0.717) is 0 Å². The van der Waals surface area contributed by atoms with E-state index in [1.807, 2.05) is 5.43 Å². The first-order valence-corrected chi connectivity index (χ1v) is 5.20. The summed E-state index contributed by atoms with van der Waals surface area (Å²) in [7, 11) is 1.49. The van der Waals surface area contributed by atoms with Gasteiger partial charge in [0.05, 0.1) is 5.56 Å². The second-order valence-electron chi connectivity index (χ2n) is 3.34. The van der Waals surface area contributed by atoms with E-state index in [9.17, 15) is 14.0 Å². The van der Waals surface area contributed by atoms with Crippen molar-refractivity contribution in [3.63, 3.8) is 0 Å². The van der Waals surface area contributed by atoms with Gasteiger partial charge in [-0.1, -0.05) is 0 Å². The van der Waals surface area contributed by atoms with Crippen LogP contribution in [0.2, 0.25) is 0 Å². The van der Waals surface area contributed by atoms with Gasteiger partial charge in [-0.2, -0.15) is 0 Å². The summed E-state index contributed by atoms with van der Waals surface area (Å²) < 4.78 is 13.6. The molecule has 98 valence electrons. The molecule has 0 atom stereocenters. The predicted molar refractivity (Wildman–Crippen MR) is 63.0 cm³/mol. The molecule has 0 aliphatic heterocycles. The van der Waals surface area contributed by atoms with Gasteiger partial charge < -0.3 is 16.1 Å². The highest BCUT2D eigenvalue weighted by atomic mass is 19.1. The summed E-state index contributed by atoms with van der Waals surface area (Å²) in [6, 6.07) is 1.23. The van der Waals surface area contributed by atoms with Crippen molar-refractivity contribution in [3.05, 3.63) is 23.6 Å². The average Bonchev–Trinajstić information content (AvgIpc) is 2.38. The van der Waals surface area contributed by atoms with Crippen LogP contribution in [0.3, 0.4) is 0 Å². The Balaban J connectivity index is 2.64. The minimum Gasteiger partial charge on any atom is -0.359 e. The van der Waals surface area contributed by atoms with Gasteiger partial charge in [0.2, 0.25) is 5.91 Å². The molecular weight excluding hydrogens is 241 g/mol. The molecule has 8 heteroatoms. The van der Waals surface area contributed by atoms with Gasteiger partial charge in [0, 0.05) is 26.2 Å². The standard InChI is InChI=1S/C10H14FN5O2/c1-13-7(17)3-5-15-10(18)6-2-4-14-9(16-12)8(6)11/h2,4H,3,5,12H2,1H3,(H,13,17)(H,14,16)(H,15,18). The fraction of sp³-hybridized carbons (Fsp3) is 0.300. The van der Waals surface area contributed by atoms with Crippen molar-refractivity contribution < 1.29 is 14.0 Å². The molecule has 2 amide bonds. The fourth-order valence-electron chi connectivity index (χ4n) is 1.23. The van der Waals surface area contributed by atoms with E-state index in [2.05, 4.69) is 15.6 Å². The molecule has 1 rings (SSSR count). The first-order chi connectivity index (χ1) is 8.60. The summed E-state index contributed by atoms with van der Waals surface area (Å²) >= 11 is 0. The quantitative estimate of drug-likeness (QED) is 0.414. The van der Waals surface area contributed by atoms with Crippen LogP contribution in [0.15, 0.2) is 12.3 Å². The Morgan fingerprint density at radius 2 is 2.22 bits per heavy atom. The monoisotopic (exact) mass is 255 g/mol. The van der Waals surface area contributed by atoms with E-state index in [-0.39, 0.29) is 30.3 Å². The number of aromatic nitrogens is 1. The molecule has 0 spiro atoms. The zero-order valence-corrected chi connectivity index (χ0v) is 9.79. The second-order valence-corrected chi connectivity index (χ2v) is 3.34. The topological polar surface area (TPSA) is 109 Å². The van der Waals surface area contributed by atoms with Gasteiger partial charge >= 0.3 is 0 Å². The maximum atomic E-state index is 13.6. The van der Waals surface area contributed by atoms with E-state index in [4.69, 9.17) is 5.84 Å². The van der Waals surface area contributed by atoms with E-state index in [1.54, 1.807) is 0 Å². The van der Waals surface area contributed by atoms with E-state index < -0.39 is 11.7 Å². The van der Waals surface area contributed by atoms with Crippen molar-refractivity contribution in [1.29, 1.82) is 0 Å². The highest BCUT2D eigenvalue weighted by Gasteiger charge is 2.15. The number of nitrogens with two attached hydrogens (primary N) is 1. The van der Waals surface area contributed by atoms with Crippen LogP contribution in [0.1, 0.15) is 16.8 Å². The molecule has 0 unspecified atom stereocenters. The fourth-order valence-corrected chi connectivity index (χ4v) is 1.23. The molecule has 1 aromatic heterocycles. The van der Waals surface area contributed by atoms with Crippen LogP contribution in [0.4, 0.5) is 10.2 Å². The number of amides is 2. The number of hydrogen-bond donors (Lipinski definition) is 4. The lowest BCUT2D eigenvalue weighted by Crippen LogP contribution is -2.30. The molecule has 0 aliphatic rings. The molecule has 7 nitrogen and oxygen atoms in total. The molecule has 5 N–H and O–H groups in total. The van der Waals surface area contributed by atoms with Crippen molar-refractivity contribution in [2.45, 2.75) is 6.42 Å². The van der Waals surface area contributed by atoms with Crippen LogP contribution >= 0.6 is 0 Å². The number of pyridine rings is 1. The van der Waals surface area contributed by atoms with Crippen molar-refractivity contribution >= 4 is 17.6 Å². The lowest BCUT2D eigenvalue weighted by Gasteiger charge is -2.07. The Labute approximate surface area is 103 Å². The van der Waals surface area contributed by atoms with E-state index in [0.717, 1.165) is 0 Å². The van der Waals surface area contributed by atoms with Gasteiger partial charge in [0.25, 0.3) is 5.91 Å². The highest BCUT2D eigenvalue weighted by molar-refractivity contribution is 5.95. The predicted octanol–water partition coefficient (Wildman–Crippen LogP) is -0.628. The molecule has 0 saturated carbocycles. The summed E-state index contributed by atoms with van der Waals surface area (Å²) in [5.74, 6) is 3.15. The minimum absolute atomic E-state index is 0.117. The van der Waals surface area contributed by atoms with Crippen LogP contribution in [-0.2, 0) is 4.79 Å². The number of hydrazine groups is 1. The largest absolute Gasteiger partial charge is 0.359 e. The normalized spacial score (nSPS) is 9.72. The molecule has 0 aromatic carbocycles. The van der Waals surface area contributed by atoms with Crippen molar-refractivity contribution in [2.75, 3.05) is 19.0 Å². The molecule has 0 bridgehead atoms. The van der Waals surface area contributed by atoms with E-state index in [1.165, 1.54) is 19.3 Å². The molecule has 0 aliphatic carbocycles. The summed E-state index contributed by atoms with van der Waals surface area (Å²) in [5.41, 5.74) is 1.86. The number of anilines is 1. The van der Waals surface area contributed by atoms with Gasteiger partial charge in [-0.05, 0) is 6.07 Å². The van der Waals surface area contributed by atoms with Crippen molar-refractivity contribution in [2.24, 2.45) is 5.84 Å². The first-order valence-electron chi connectivity index (χ1n) is 5.20. The number of rotatable bonds is 5. The third-order valence-electron chi connectivity index (χ3n) is 2.19. The van der Waals surface area contributed by atoms with Crippen molar-refractivity contribution in [1.82, 2.24) is 15.6 Å². The number of carbonyl (C=O) groups is 2. The summed E-state index contributed by atoms with van der Waals surface area (Å²) in [5, 5.41) is 4.83. The van der Waals surface area contributed by atoms with E-state index >= 15 is 0 Å². The van der Waals surface area contributed by atoms with Gasteiger partial charge in [-0.25, -0.2) is 15.2 Å². The lowest BCUT2D eigenvalue weighted by molar-refractivity contribution is -0.120. The number of halogens is 1. The first kappa shape index (κ1) is 13.8. The highest BCUT2D eigenvalue weighted by Crippen LogP contribution is 2.13. The number of nitrogens with one attached hydrogen (secondary N) is 3. The maximum absolute atomic E-state index is 13.6. The Morgan fingerprint density at radius 1 is 1.50 bits per heavy atom. The van der Waals surface area contributed by atoms with Crippen LogP contribution < -0.4 is 21.9 Å². The summed E-state index contributed by atoms with van der Waals surface area (Å²) in [6.07, 6.45) is 1.38. The third kappa shape index (κ3) is 3.39. The van der Waals surface area contributed by atoms with Crippen LogP contribution in [0.5, 0.6) is 0 Å². The number of carbonyl (C=O) groups excluding carboxylic acids is 2. The van der Waals surface area contributed by atoms with Crippen LogP contribution in [0.25, 0.3) is 0 Å². The zero-order valence-electron chi connectivity index (χ0n) is 9.79. The molecule has 1 aromatic rings. The SMILES string of the molecule is CNC(=O)CCNC(=O)c1ccnc(NN)c1F. The average molecular weight is 255 g/mol.